The normalized spacial score (nSPS) is 20.8. The fourth-order valence-electron chi connectivity index (χ4n) is 2.60. The highest BCUT2D eigenvalue weighted by molar-refractivity contribution is 7.87. The molecule has 21 heavy (non-hydrogen) atoms. The van der Waals surface area contributed by atoms with Crippen LogP contribution in [0.3, 0.4) is 0 Å². The summed E-state index contributed by atoms with van der Waals surface area (Å²) in [4.78, 5) is 4.09. The van der Waals surface area contributed by atoms with Crippen LogP contribution in [0.25, 0.3) is 0 Å². The molecule has 1 aromatic rings. The molecule has 0 aromatic carbocycles. The second-order valence-corrected chi connectivity index (χ2v) is 7.01. The van der Waals surface area contributed by atoms with E-state index in [1.54, 1.807) is 22.4 Å². The van der Waals surface area contributed by atoms with Gasteiger partial charge in [-0.15, -0.1) is 0 Å². The van der Waals surface area contributed by atoms with Crippen LogP contribution in [0, 0.1) is 0 Å². The summed E-state index contributed by atoms with van der Waals surface area (Å²) in [5, 5.41) is 7.20. The quantitative estimate of drug-likeness (QED) is 0.692. The number of hydrogen-bond acceptors (Lipinski definition) is 5. The highest BCUT2D eigenvalue weighted by atomic mass is 32.2. The standard InChI is InChI=1S/C12H24N6O2S/c1-13-9-11-5-3-4-8-18(11)21(19,20)15-7-6-12-14-10-17(2)16-12/h10-11,13,15H,3-9H2,1-2H3. The summed E-state index contributed by atoms with van der Waals surface area (Å²) in [6, 6.07) is 0.0363. The van der Waals surface area contributed by atoms with Crippen molar-refractivity contribution in [1.29, 1.82) is 0 Å². The Labute approximate surface area is 126 Å². The third-order valence-corrected chi connectivity index (χ3v) is 5.27. The molecule has 2 N–H and O–H groups in total. The summed E-state index contributed by atoms with van der Waals surface area (Å²) in [7, 11) is 0.198. The van der Waals surface area contributed by atoms with Crippen molar-refractivity contribution in [1.82, 2.24) is 29.1 Å². The van der Waals surface area contributed by atoms with Gasteiger partial charge in [0.05, 0.1) is 0 Å². The highest BCUT2D eigenvalue weighted by Crippen LogP contribution is 2.19. The molecule has 0 saturated carbocycles. The van der Waals surface area contributed by atoms with Crippen molar-refractivity contribution in [3.8, 4) is 0 Å². The number of likely N-dealkylation sites (N-methyl/N-ethyl adjacent to an activating group) is 1. The molecule has 0 spiro atoms. The fourth-order valence-corrected chi connectivity index (χ4v) is 4.07. The number of nitrogens with zero attached hydrogens (tertiary/aromatic N) is 4. The molecule has 120 valence electrons. The van der Waals surface area contributed by atoms with E-state index in [2.05, 4.69) is 20.1 Å². The number of nitrogens with one attached hydrogen (secondary N) is 2. The third kappa shape index (κ3) is 4.47. The van der Waals surface area contributed by atoms with E-state index in [9.17, 15) is 8.42 Å². The van der Waals surface area contributed by atoms with Gasteiger partial charge in [-0.1, -0.05) is 6.42 Å². The molecule has 1 unspecified atom stereocenters. The molecule has 2 heterocycles. The molecule has 2 rings (SSSR count). The molecule has 0 radical (unpaired) electrons. The zero-order valence-electron chi connectivity index (χ0n) is 12.6. The zero-order chi connectivity index (χ0) is 15.3. The van der Waals surface area contributed by atoms with Crippen LogP contribution in [-0.2, 0) is 23.7 Å². The number of aromatic nitrogens is 3. The molecule has 1 aromatic heterocycles. The number of rotatable bonds is 7. The SMILES string of the molecule is CNCC1CCCCN1S(=O)(=O)NCCc1ncn(C)n1. The van der Waals surface area contributed by atoms with E-state index in [1.165, 1.54) is 0 Å². The van der Waals surface area contributed by atoms with Gasteiger partial charge in [0, 0.05) is 39.1 Å². The predicted molar refractivity (Wildman–Crippen MR) is 79.9 cm³/mol. The van der Waals surface area contributed by atoms with Gasteiger partial charge in [0.1, 0.15) is 6.33 Å². The molecular weight excluding hydrogens is 292 g/mol. The average Bonchev–Trinajstić information content (AvgIpc) is 2.85. The average molecular weight is 316 g/mol. The van der Waals surface area contributed by atoms with Gasteiger partial charge in [-0.05, 0) is 19.9 Å². The smallest absolute Gasteiger partial charge is 0.279 e. The summed E-state index contributed by atoms with van der Waals surface area (Å²) in [5.41, 5.74) is 0. The van der Waals surface area contributed by atoms with E-state index >= 15 is 0 Å². The minimum absolute atomic E-state index is 0.0363. The van der Waals surface area contributed by atoms with Crippen molar-refractivity contribution in [2.24, 2.45) is 7.05 Å². The highest BCUT2D eigenvalue weighted by Gasteiger charge is 2.31. The van der Waals surface area contributed by atoms with Gasteiger partial charge >= 0.3 is 0 Å². The molecular formula is C12H24N6O2S. The van der Waals surface area contributed by atoms with Gasteiger partial charge < -0.3 is 5.32 Å². The van der Waals surface area contributed by atoms with Gasteiger partial charge in [0.15, 0.2) is 5.82 Å². The molecule has 0 bridgehead atoms. The lowest BCUT2D eigenvalue weighted by atomic mass is 10.1. The van der Waals surface area contributed by atoms with Crippen LogP contribution in [0.1, 0.15) is 25.1 Å². The monoisotopic (exact) mass is 316 g/mol. The van der Waals surface area contributed by atoms with Crippen molar-refractivity contribution in [3.05, 3.63) is 12.2 Å². The molecule has 0 aliphatic carbocycles. The Morgan fingerprint density at radius 3 is 2.90 bits per heavy atom. The van der Waals surface area contributed by atoms with E-state index in [-0.39, 0.29) is 6.04 Å². The fraction of sp³-hybridized carbons (Fsp3) is 0.833. The number of hydrogen-bond donors (Lipinski definition) is 2. The maximum absolute atomic E-state index is 12.4. The minimum Gasteiger partial charge on any atom is -0.318 e. The molecule has 1 saturated heterocycles. The van der Waals surface area contributed by atoms with Crippen molar-refractivity contribution >= 4 is 10.2 Å². The molecule has 8 nitrogen and oxygen atoms in total. The molecule has 0 amide bonds. The lowest BCUT2D eigenvalue weighted by Crippen LogP contribution is -2.52. The Hall–Kier alpha value is -1.03. The molecule has 9 heteroatoms. The van der Waals surface area contributed by atoms with Gasteiger partial charge in [-0.2, -0.15) is 17.8 Å². The van der Waals surface area contributed by atoms with E-state index in [0.29, 0.717) is 31.9 Å². The summed E-state index contributed by atoms with van der Waals surface area (Å²) in [6.07, 6.45) is 5.00. The first-order valence-corrected chi connectivity index (χ1v) is 8.72. The Morgan fingerprint density at radius 1 is 1.43 bits per heavy atom. The van der Waals surface area contributed by atoms with Crippen molar-refractivity contribution < 1.29 is 8.42 Å². The van der Waals surface area contributed by atoms with Crippen LogP contribution in [0.2, 0.25) is 0 Å². The summed E-state index contributed by atoms with van der Waals surface area (Å²) in [6.45, 7) is 1.58. The van der Waals surface area contributed by atoms with E-state index in [0.717, 1.165) is 19.3 Å². The summed E-state index contributed by atoms with van der Waals surface area (Å²) < 4.78 is 30.7. The van der Waals surface area contributed by atoms with Crippen LogP contribution in [-0.4, -0.2) is 60.2 Å². The van der Waals surface area contributed by atoms with Crippen LogP contribution < -0.4 is 10.0 Å². The van der Waals surface area contributed by atoms with Crippen molar-refractivity contribution in [2.75, 3.05) is 26.7 Å². The second-order valence-electron chi connectivity index (χ2n) is 5.30. The van der Waals surface area contributed by atoms with Gasteiger partial charge in [-0.3, -0.25) is 4.68 Å². The van der Waals surface area contributed by atoms with Crippen molar-refractivity contribution in [3.63, 3.8) is 0 Å². The predicted octanol–water partition coefficient (Wildman–Crippen LogP) is -0.734. The Kier molecular flexibility index (Phi) is 5.68. The van der Waals surface area contributed by atoms with E-state index < -0.39 is 10.2 Å². The van der Waals surface area contributed by atoms with Gasteiger partial charge in [0.2, 0.25) is 0 Å². The third-order valence-electron chi connectivity index (χ3n) is 3.60. The number of aryl methyl sites for hydroxylation is 1. The lowest BCUT2D eigenvalue weighted by Gasteiger charge is -2.34. The van der Waals surface area contributed by atoms with Crippen LogP contribution in [0.4, 0.5) is 0 Å². The molecule has 1 atom stereocenters. The Balaban J connectivity index is 1.90. The van der Waals surface area contributed by atoms with Crippen LogP contribution >= 0.6 is 0 Å². The first kappa shape index (κ1) is 16.3. The molecule has 1 aliphatic heterocycles. The van der Waals surface area contributed by atoms with Gasteiger partial charge in [0.25, 0.3) is 10.2 Å². The number of piperidine rings is 1. The van der Waals surface area contributed by atoms with Crippen LogP contribution in [0.15, 0.2) is 6.33 Å². The van der Waals surface area contributed by atoms with Gasteiger partial charge in [-0.25, -0.2) is 9.71 Å². The van der Waals surface area contributed by atoms with Crippen molar-refractivity contribution in [2.45, 2.75) is 31.7 Å². The van der Waals surface area contributed by atoms with Crippen LogP contribution in [0.5, 0.6) is 0 Å². The topological polar surface area (TPSA) is 92.2 Å². The van der Waals surface area contributed by atoms with E-state index in [4.69, 9.17) is 0 Å². The maximum Gasteiger partial charge on any atom is 0.279 e. The summed E-state index contributed by atoms with van der Waals surface area (Å²) >= 11 is 0. The zero-order valence-corrected chi connectivity index (χ0v) is 13.4. The first-order chi connectivity index (χ1) is 10.0. The Bertz CT molecular complexity index is 542. The Morgan fingerprint density at radius 2 is 2.24 bits per heavy atom. The second kappa shape index (κ2) is 7.30. The first-order valence-electron chi connectivity index (χ1n) is 7.28. The lowest BCUT2D eigenvalue weighted by molar-refractivity contribution is 0.246. The molecule has 1 fully saturated rings. The summed E-state index contributed by atoms with van der Waals surface area (Å²) in [5.74, 6) is 0.644. The van der Waals surface area contributed by atoms with E-state index in [1.807, 2.05) is 7.05 Å². The largest absolute Gasteiger partial charge is 0.318 e. The minimum atomic E-state index is -3.44. The maximum atomic E-state index is 12.4. The molecule has 1 aliphatic rings.